The molecule has 0 aromatic heterocycles. The third-order valence-corrected chi connectivity index (χ3v) is 4.69. The van der Waals surface area contributed by atoms with Crippen LogP contribution in [0.4, 0.5) is 5.69 Å². The van der Waals surface area contributed by atoms with Crippen LogP contribution in [-0.2, 0) is 14.4 Å². The highest BCUT2D eigenvalue weighted by molar-refractivity contribution is 6.52. The van der Waals surface area contributed by atoms with E-state index in [1.807, 2.05) is 6.92 Å². The number of anilines is 1. The first kappa shape index (κ1) is 17.0. The van der Waals surface area contributed by atoms with Crippen LogP contribution in [0.1, 0.15) is 15.9 Å². The van der Waals surface area contributed by atoms with E-state index in [-0.39, 0.29) is 5.71 Å². The number of hydrogen-bond acceptors (Lipinski definition) is 6. The molecule has 2 aliphatic rings. The van der Waals surface area contributed by atoms with Crippen molar-refractivity contribution < 1.29 is 24.0 Å². The number of amides is 2. The number of carbonyl (C=O) groups excluding carboxylic acids is 3. The average Bonchev–Trinajstić information content (AvgIpc) is 3.22. The number of nitrogens with zero attached hydrogens (tertiary/aromatic N) is 2. The van der Waals surface area contributed by atoms with Gasteiger partial charge in [0.05, 0.1) is 12.8 Å². The Hall–Kier alpha value is -3.48. The minimum atomic E-state index is -1.11. The molecule has 27 heavy (non-hydrogen) atoms. The minimum absolute atomic E-state index is 0.0433. The number of hydrogen-bond donors (Lipinski definition) is 0. The van der Waals surface area contributed by atoms with E-state index in [4.69, 9.17) is 9.57 Å². The molecule has 2 heterocycles. The molecule has 1 fully saturated rings. The zero-order chi connectivity index (χ0) is 19.1. The zero-order valence-electron chi connectivity index (χ0n) is 14.7. The lowest BCUT2D eigenvalue weighted by Crippen LogP contribution is -2.34. The molecular formula is C20H16N2O5. The summed E-state index contributed by atoms with van der Waals surface area (Å²) in [6.07, 6.45) is -1.11. The first-order chi connectivity index (χ1) is 13.0. The molecule has 136 valence electrons. The quantitative estimate of drug-likeness (QED) is 0.613. The molecular weight excluding hydrogens is 348 g/mol. The summed E-state index contributed by atoms with van der Waals surface area (Å²) >= 11 is 0. The van der Waals surface area contributed by atoms with Gasteiger partial charge in [-0.05, 0) is 31.2 Å². The molecule has 0 radical (unpaired) electrons. The van der Waals surface area contributed by atoms with Gasteiger partial charge in [0.1, 0.15) is 17.4 Å². The molecule has 2 atom stereocenters. The molecule has 7 nitrogen and oxygen atoms in total. The van der Waals surface area contributed by atoms with Gasteiger partial charge in [0, 0.05) is 5.56 Å². The maximum absolute atomic E-state index is 12.9. The van der Waals surface area contributed by atoms with Crippen LogP contribution in [0.15, 0.2) is 53.7 Å². The predicted molar refractivity (Wildman–Crippen MR) is 96.8 cm³/mol. The number of ether oxygens (including phenoxy) is 1. The Morgan fingerprint density at radius 2 is 1.70 bits per heavy atom. The molecule has 0 aliphatic carbocycles. The maximum Gasteiger partial charge on any atom is 0.278 e. The summed E-state index contributed by atoms with van der Waals surface area (Å²) in [5.41, 5.74) is 1.75. The van der Waals surface area contributed by atoms with E-state index in [0.717, 1.165) is 10.5 Å². The van der Waals surface area contributed by atoms with Gasteiger partial charge in [0.15, 0.2) is 0 Å². The fourth-order valence-electron chi connectivity index (χ4n) is 3.20. The van der Waals surface area contributed by atoms with Gasteiger partial charge >= 0.3 is 0 Å². The zero-order valence-corrected chi connectivity index (χ0v) is 14.7. The summed E-state index contributed by atoms with van der Waals surface area (Å²) in [4.78, 5) is 44.5. The van der Waals surface area contributed by atoms with E-state index in [1.54, 1.807) is 48.5 Å². The standard InChI is InChI=1S/C20H16N2O5/c1-11-3-5-12(6-4-11)17(23)16-15-18(27-21-16)20(25)22(19(15)24)13-7-9-14(26-2)10-8-13/h3-10,15,18H,1-2H3. The van der Waals surface area contributed by atoms with Gasteiger partial charge < -0.3 is 9.57 Å². The van der Waals surface area contributed by atoms with E-state index in [1.165, 1.54) is 7.11 Å². The molecule has 2 unspecified atom stereocenters. The molecule has 1 saturated heterocycles. The monoisotopic (exact) mass is 364 g/mol. The first-order valence-electron chi connectivity index (χ1n) is 8.38. The smallest absolute Gasteiger partial charge is 0.278 e. The second-order valence-electron chi connectivity index (χ2n) is 6.39. The Morgan fingerprint density at radius 1 is 1.04 bits per heavy atom. The lowest BCUT2D eigenvalue weighted by molar-refractivity contribution is -0.126. The summed E-state index contributed by atoms with van der Waals surface area (Å²) < 4.78 is 5.09. The van der Waals surface area contributed by atoms with Crippen LogP contribution in [0.25, 0.3) is 0 Å². The Kier molecular flexibility index (Phi) is 3.99. The molecule has 0 N–H and O–H groups in total. The van der Waals surface area contributed by atoms with Crippen molar-refractivity contribution in [1.82, 2.24) is 0 Å². The van der Waals surface area contributed by atoms with Crippen molar-refractivity contribution in [2.45, 2.75) is 13.0 Å². The van der Waals surface area contributed by atoms with E-state index in [2.05, 4.69) is 5.16 Å². The molecule has 0 bridgehead atoms. The van der Waals surface area contributed by atoms with Gasteiger partial charge in [-0.2, -0.15) is 0 Å². The second-order valence-corrected chi connectivity index (χ2v) is 6.39. The maximum atomic E-state index is 12.9. The predicted octanol–water partition coefficient (Wildman–Crippen LogP) is 2.13. The number of ketones is 1. The van der Waals surface area contributed by atoms with Gasteiger partial charge in [0.2, 0.25) is 17.8 Å². The van der Waals surface area contributed by atoms with Crippen LogP contribution in [0, 0.1) is 12.8 Å². The Morgan fingerprint density at radius 3 is 2.33 bits per heavy atom. The van der Waals surface area contributed by atoms with E-state index >= 15 is 0 Å². The summed E-state index contributed by atoms with van der Waals surface area (Å²) in [5.74, 6) is -1.91. The molecule has 2 aromatic rings. The lowest BCUT2D eigenvalue weighted by atomic mass is 9.93. The molecule has 4 rings (SSSR count). The number of oxime groups is 1. The third kappa shape index (κ3) is 2.68. The van der Waals surface area contributed by atoms with Gasteiger partial charge in [0.25, 0.3) is 5.91 Å². The van der Waals surface area contributed by atoms with Crippen molar-refractivity contribution in [2.24, 2.45) is 11.1 Å². The topological polar surface area (TPSA) is 85.3 Å². The van der Waals surface area contributed by atoms with E-state index < -0.39 is 29.6 Å². The first-order valence-corrected chi connectivity index (χ1v) is 8.38. The highest BCUT2D eigenvalue weighted by Gasteiger charge is 2.57. The normalized spacial score (nSPS) is 21.0. The van der Waals surface area contributed by atoms with Crippen LogP contribution in [0.3, 0.4) is 0 Å². The SMILES string of the molecule is COc1ccc(N2C(=O)C3ON=C(C(=O)c4ccc(C)cc4)C3C2=O)cc1. The fourth-order valence-corrected chi connectivity index (χ4v) is 3.20. The minimum Gasteiger partial charge on any atom is -0.497 e. The van der Waals surface area contributed by atoms with Gasteiger partial charge in [-0.1, -0.05) is 35.0 Å². The van der Waals surface area contributed by atoms with Crippen LogP contribution in [-0.4, -0.2) is 36.5 Å². The fraction of sp³-hybridized carbons (Fsp3) is 0.200. The van der Waals surface area contributed by atoms with Crippen LogP contribution < -0.4 is 9.64 Å². The number of aryl methyl sites for hydroxylation is 1. The van der Waals surface area contributed by atoms with Crippen LogP contribution in [0.5, 0.6) is 5.75 Å². The van der Waals surface area contributed by atoms with Crippen LogP contribution >= 0.6 is 0 Å². The largest absolute Gasteiger partial charge is 0.497 e. The lowest BCUT2D eigenvalue weighted by Gasteiger charge is -2.15. The average molecular weight is 364 g/mol. The number of carbonyl (C=O) groups is 3. The highest BCUT2D eigenvalue weighted by Crippen LogP contribution is 2.34. The molecule has 2 aliphatic heterocycles. The number of Topliss-reactive ketones (excluding diaryl/α,β-unsaturated/α-hetero) is 1. The van der Waals surface area contributed by atoms with E-state index in [9.17, 15) is 14.4 Å². The van der Waals surface area contributed by atoms with Crippen LogP contribution in [0.2, 0.25) is 0 Å². The van der Waals surface area contributed by atoms with Crippen molar-refractivity contribution in [2.75, 3.05) is 12.0 Å². The van der Waals surface area contributed by atoms with Gasteiger partial charge in [-0.15, -0.1) is 0 Å². The Bertz CT molecular complexity index is 963. The summed E-state index contributed by atoms with van der Waals surface area (Å²) in [6, 6.07) is 13.4. The Balaban J connectivity index is 1.63. The van der Waals surface area contributed by atoms with Crippen molar-refractivity contribution in [1.29, 1.82) is 0 Å². The summed E-state index contributed by atoms with van der Waals surface area (Å²) in [5, 5.41) is 3.75. The van der Waals surface area contributed by atoms with Gasteiger partial charge in [-0.3, -0.25) is 14.4 Å². The molecule has 2 aromatic carbocycles. The van der Waals surface area contributed by atoms with E-state index in [0.29, 0.717) is 17.0 Å². The molecule has 0 spiro atoms. The second kappa shape index (κ2) is 6.35. The number of methoxy groups -OCH3 is 1. The van der Waals surface area contributed by atoms with Gasteiger partial charge in [-0.25, -0.2) is 4.90 Å². The number of fused-ring (bicyclic) bond motifs is 1. The summed E-state index contributed by atoms with van der Waals surface area (Å²) in [6.45, 7) is 1.91. The Labute approximate surface area is 155 Å². The number of rotatable bonds is 4. The molecule has 0 saturated carbocycles. The van der Waals surface area contributed by atoms with Crippen molar-refractivity contribution in [3.63, 3.8) is 0 Å². The number of imide groups is 1. The molecule has 7 heteroatoms. The summed E-state index contributed by atoms with van der Waals surface area (Å²) in [7, 11) is 1.53. The molecule has 2 amide bonds. The highest BCUT2D eigenvalue weighted by atomic mass is 16.7. The number of benzene rings is 2. The van der Waals surface area contributed by atoms with Crippen molar-refractivity contribution in [3.05, 3.63) is 59.7 Å². The van der Waals surface area contributed by atoms with Crippen molar-refractivity contribution >= 4 is 29.0 Å². The third-order valence-electron chi connectivity index (χ3n) is 4.69. The van der Waals surface area contributed by atoms with Crippen molar-refractivity contribution in [3.8, 4) is 5.75 Å².